The van der Waals surface area contributed by atoms with Crippen molar-refractivity contribution >= 4 is 23.5 Å². The standard InChI is InChI=1S/C11H15BrFO3P/c1-3-15-17(14,16-4-2)8-9-5-6-11(13)10(12)7-9/h5-7H,3-4,8H2,1-2H3. The van der Waals surface area contributed by atoms with Crippen molar-refractivity contribution in [3.63, 3.8) is 0 Å². The molecule has 0 aliphatic rings. The van der Waals surface area contributed by atoms with E-state index < -0.39 is 7.60 Å². The Morgan fingerprint density at radius 3 is 2.35 bits per heavy atom. The molecule has 0 aliphatic carbocycles. The van der Waals surface area contributed by atoms with Crippen LogP contribution >= 0.6 is 23.5 Å². The van der Waals surface area contributed by atoms with Crippen molar-refractivity contribution in [3.05, 3.63) is 34.1 Å². The summed E-state index contributed by atoms with van der Waals surface area (Å²) < 4.78 is 36.0. The molecule has 3 nitrogen and oxygen atoms in total. The van der Waals surface area contributed by atoms with Crippen LogP contribution in [0.25, 0.3) is 0 Å². The van der Waals surface area contributed by atoms with Crippen molar-refractivity contribution in [2.24, 2.45) is 0 Å². The second kappa shape index (κ2) is 6.64. The number of hydrogen-bond acceptors (Lipinski definition) is 3. The lowest BCUT2D eigenvalue weighted by molar-refractivity contribution is 0.219. The topological polar surface area (TPSA) is 35.5 Å². The SMILES string of the molecule is CCOP(=O)(Cc1ccc(F)c(Br)c1)OCC. The molecule has 96 valence electrons. The molecule has 0 unspecified atom stereocenters. The van der Waals surface area contributed by atoms with E-state index in [1.165, 1.54) is 6.07 Å². The molecule has 0 heterocycles. The van der Waals surface area contributed by atoms with Crippen molar-refractivity contribution in [1.29, 1.82) is 0 Å². The summed E-state index contributed by atoms with van der Waals surface area (Å²) in [6, 6.07) is 4.48. The molecule has 0 saturated carbocycles. The summed E-state index contributed by atoms with van der Waals surface area (Å²) in [5, 5.41) is 0. The van der Waals surface area contributed by atoms with Gasteiger partial charge in [0.25, 0.3) is 0 Å². The van der Waals surface area contributed by atoms with E-state index in [2.05, 4.69) is 15.9 Å². The van der Waals surface area contributed by atoms with E-state index >= 15 is 0 Å². The molecular weight excluding hydrogens is 310 g/mol. The van der Waals surface area contributed by atoms with E-state index in [9.17, 15) is 8.96 Å². The van der Waals surface area contributed by atoms with Crippen LogP contribution in [0.2, 0.25) is 0 Å². The molecule has 0 radical (unpaired) electrons. The summed E-state index contributed by atoms with van der Waals surface area (Å²) in [6.45, 7) is 4.15. The molecular formula is C11H15BrFO3P. The van der Waals surface area contributed by atoms with Gasteiger partial charge < -0.3 is 9.05 Å². The predicted molar refractivity (Wildman–Crippen MR) is 68.7 cm³/mol. The summed E-state index contributed by atoms with van der Waals surface area (Å²) in [5.41, 5.74) is 0.712. The third-order valence-corrected chi connectivity index (χ3v) is 4.68. The monoisotopic (exact) mass is 324 g/mol. The zero-order chi connectivity index (χ0) is 12.9. The van der Waals surface area contributed by atoms with Gasteiger partial charge in [-0.2, -0.15) is 0 Å². The molecule has 0 aliphatic heterocycles. The van der Waals surface area contributed by atoms with Gasteiger partial charge in [0.1, 0.15) is 5.82 Å². The average molecular weight is 325 g/mol. The maximum atomic E-state index is 13.0. The van der Waals surface area contributed by atoms with Gasteiger partial charge in [-0.1, -0.05) is 6.07 Å². The van der Waals surface area contributed by atoms with Crippen LogP contribution in [0.1, 0.15) is 19.4 Å². The number of rotatable bonds is 6. The van der Waals surface area contributed by atoms with Gasteiger partial charge in [0.2, 0.25) is 0 Å². The molecule has 17 heavy (non-hydrogen) atoms. The average Bonchev–Trinajstić information content (AvgIpc) is 2.24. The highest BCUT2D eigenvalue weighted by molar-refractivity contribution is 9.10. The molecule has 0 saturated heterocycles. The largest absolute Gasteiger partial charge is 0.335 e. The first-order valence-electron chi connectivity index (χ1n) is 5.33. The minimum absolute atomic E-state index is 0.146. The summed E-state index contributed by atoms with van der Waals surface area (Å²) in [7, 11) is -3.12. The lowest BCUT2D eigenvalue weighted by atomic mass is 10.2. The van der Waals surface area contributed by atoms with E-state index in [1.54, 1.807) is 26.0 Å². The minimum atomic E-state index is -3.12. The third kappa shape index (κ3) is 4.51. The number of hydrogen-bond donors (Lipinski definition) is 0. The smallest absolute Gasteiger partial charge is 0.309 e. The van der Waals surface area contributed by atoms with Crippen LogP contribution in [0.3, 0.4) is 0 Å². The van der Waals surface area contributed by atoms with Crippen LogP contribution in [0, 0.1) is 5.82 Å². The highest BCUT2D eigenvalue weighted by Crippen LogP contribution is 2.51. The van der Waals surface area contributed by atoms with Crippen LogP contribution in [0.5, 0.6) is 0 Å². The van der Waals surface area contributed by atoms with Crippen LogP contribution in [-0.4, -0.2) is 13.2 Å². The van der Waals surface area contributed by atoms with E-state index in [-0.39, 0.29) is 12.0 Å². The Hall–Kier alpha value is -0.220. The Morgan fingerprint density at radius 1 is 1.29 bits per heavy atom. The molecule has 1 rings (SSSR count). The van der Waals surface area contributed by atoms with Crippen LogP contribution in [0.4, 0.5) is 4.39 Å². The molecule has 0 N–H and O–H groups in total. The first-order chi connectivity index (χ1) is 8.00. The fraction of sp³-hybridized carbons (Fsp3) is 0.455. The van der Waals surface area contributed by atoms with Crippen LogP contribution < -0.4 is 0 Å². The van der Waals surface area contributed by atoms with Crippen molar-refractivity contribution in [2.75, 3.05) is 13.2 Å². The predicted octanol–water partition coefficient (Wildman–Crippen LogP) is 4.35. The van der Waals surface area contributed by atoms with Gasteiger partial charge in [0.15, 0.2) is 0 Å². The lowest BCUT2D eigenvalue weighted by Gasteiger charge is -2.17. The molecule has 0 aromatic heterocycles. The quantitative estimate of drug-likeness (QED) is 0.729. The molecule has 0 spiro atoms. The summed E-state index contributed by atoms with van der Waals surface area (Å²) in [5.74, 6) is -0.351. The van der Waals surface area contributed by atoms with Crippen molar-refractivity contribution < 1.29 is 18.0 Å². The fourth-order valence-electron chi connectivity index (χ4n) is 1.38. The Balaban J connectivity index is 2.86. The molecule has 0 bridgehead atoms. The molecule has 1 aromatic rings. The van der Waals surface area contributed by atoms with Gasteiger partial charge in [0.05, 0.1) is 23.8 Å². The summed E-state index contributed by atoms with van der Waals surface area (Å²) in [6.07, 6.45) is 0.146. The van der Waals surface area contributed by atoms with Gasteiger partial charge in [-0.15, -0.1) is 0 Å². The van der Waals surface area contributed by atoms with Crippen LogP contribution in [0.15, 0.2) is 22.7 Å². The first kappa shape index (κ1) is 14.8. The molecule has 0 atom stereocenters. The second-order valence-electron chi connectivity index (χ2n) is 3.35. The van der Waals surface area contributed by atoms with Gasteiger partial charge in [-0.25, -0.2) is 4.39 Å². The Kier molecular flexibility index (Phi) is 5.80. The molecule has 1 aromatic carbocycles. The maximum Gasteiger partial charge on any atom is 0.335 e. The highest BCUT2D eigenvalue weighted by Gasteiger charge is 2.24. The maximum absolute atomic E-state index is 13.0. The minimum Gasteiger partial charge on any atom is -0.309 e. The molecule has 6 heteroatoms. The van der Waals surface area contributed by atoms with Crippen molar-refractivity contribution in [1.82, 2.24) is 0 Å². The van der Waals surface area contributed by atoms with E-state index in [0.29, 0.717) is 23.2 Å². The zero-order valence-electron chi connectivity index (χ0n) is 9.78. The van der Waals surface area contributed by atoms with Gasteiger partial charge >= 0.3 is 7.60 Å². The van der Waals surface area contributed by atoms with Crippen LogP contribution in [-0.2, 0) is 19.8 Å². The van der Waals surface area contributed by atoms with Crippen molar-refractivity contribution in [3.8, 4) is 0 Å². The van der Waals surface area contributed by atoms with Gasteiger partial charge in [0, 0.05) is 0 Å². The molecule has 0 amide bonds. The first-order valence-corrected chi connectivity index (χ1v) is 7.85. The Morgan fingerprint density at radius 2 is 1.88 bits per heavy atom. The van der Waals surface area contributed by atoms with Gasteiger partial charge in [-0.05, 0) is 47.5 Å². The van der Waals surface area contributed by atoms with E-state index in [0.717, 1.165) is 0 Å². The summed E-state index contributed by atoms with van der Waals surface area (Å²) in [4.78, 5) is 0. The van der Waals surface area contributed by atoms with Crippen molar-refractivity contribution in [2.45, 2.75) is 20.0 Å². The highest BCUT2D eigenvalue weighted by atomic mass is 79.9. The fourth-order valence-corrected chi connectivity index (χ4v) is 3.50. The Bertz CT molecular complexity index is 415. The third-order valence-electron chi connectivity index (χ3n) is 2.01. The number of halogens is 2. The van der Waals surface area contributed by atoms with Gasteiger partial charge in [-0.3, -0.25) is 4.57 Å². The van der Waals surface area contributed by atoms with E-state index in [1.807, 2.05) is 0 Å². The Labute approximate surface area is 109 Å². The lowest BCUT2D eigenvalue weighted by Crippen LogP contribution is -1.99. The zero-order valence-corrected chi connectivity index (χ0v) is 12.3. The normalized spacial score (nSPS) is 11.8. The second-order valence-corrected chi connectivity index (χ2v) is 6.26. The molecule has 0 fully saturated rings. The number of benzene rings is 1. The summed E-state index contributed by atoms with van der Waals surface area (Å²) >= 11 is 3.09. The van der Waals surface area contributed by atoms with E-state index in [4.69, 9.17) is 9.05 Å².